The summed E-state index contributed by atoms with van der Waals surface area (Å²) in [5.41, 5.74) is 13.0. The van der Waals surface area contributed by atoms with Crippen LogP contribution in [-0.4, -0.2) is 44.3 Å². The molecule has 1 spiro atoms. The molecule has 2 aromatic heterocycles. The highest BCUT2D eigenvalue weighted by Gasteiger charge is 2.48. The van der Waals surface area contributed by atoms with Crippen molar-refractivity contribution in [1.82, 2.24) is 19.4 Å². The van der Waals surface area contributed by atoms with E-state index in [9.17, 15) is 9.59 Å². The topological polar surface area (TPSA) is 106 Å². The van der Waals surface area contributed by atoms with Gasteiger partial charge in [0.15, 0.2) is 0 Å². The van der Waals surface area contributed by atoms with Crippen LogP contribution < -0.4 is 11.1 Å². The molecule has 0 unspecified atom stereocenters. The van der Waals surface area contributed by atoms with Gasteiger partial charge in [-0.3, -0.25) is 9.59 Å². The van der Waals surface area contributed by atoms with E-state index in [0.717, 1.165) is 40.9 Å². The molecule has 0 atom stereocenters. The van der Waals surface area contributed by atoms with E-state index in [1.165, 1.54) is 25.6 Å². The predicted molar refractivity (Wildman–Crippen MR) is 149 cm³/mol. The number of nitrogens with zero attached hydrogens (tertiary/aromatic N) is 4. The summed E-state index contributed by atoms with van der Waals surface area (Å²) in [7, 11) is 1.95. The summed E-state index contributed by atoms with van der Waals surface area (Å²) in [6, 6.07) is 15.3. The van der Waals surface area contributed by atoms with E-state index in [2.05, 4.69) is 21.9 Å². The van der Waals surface area contributed by atoms with Gasteiger partial charge in [-0.1, -0.05) is 37.3 Å². The molecule has 3 N–H and O–H groups in total. The van der Waals surface area contributed by atoms with Crippen molar-refractivity contribution >= 4 is 34.4 Å². The van der Waals surface area contributed by atoms with Crippen LogP contribution in [0.15, 0.2) is 67.0 Å². The molecule has 8 heteroatoms. The molecule has 4 aromatic rings. The summed E-state index contributed by atoms with van der Waals surface area (Å²) in [6.07, 6.45) is 5.22. The number of nitrogen functional groups attached to an aromatic ring is 1. The number of hydrogen-bond acceptors (Lipinski definition) is 5. The van der Waals surface area contributed by atoms with Crippen molar-refractivity contribution in [3.63, 3.8) is 0 Å². The summed E-state index contributed by atoms with van der Waals surface area (Å²) in [4.78, 5) is 35.8. The van der Waals surface area contributed by atoms with Crippen molar-refractivity contribution in [2.45, 2.75) is 26.2 Å². The molecule has 0 radical (unpaired) electrons. The maximum Gasteiger partial charge on any atom is 0.253 e. The van der Waals surface area contributed by atoms with E-state index < -0.39 is 0 Å². The van der Waals surface area contributed by atoms with Crippen LogP contribution in [0.1, 0.15) is 36.5 Å². The van der Waals surface area contributed by atoms with Gasteiger partial charge in [0, 0.05) is 47.9 Å². The molecule has 1 aliphatic carbocycles. The van der Waals surface area contributed by atoms with Crippen LogP contribution in [-0.2, 0) is 11.8 Å². The first-order valence-electron chi connectivity index (χ1n) is 12.8. The van der Waals surface area contributed by atoms with Gasteiger partial charge in [0.2, 0.25) is 0 Å². The number of rotatable bonds is 5. The molecular weight excluding hydrogens is 476 g/mol. The lowest BCUT2D eigenvalue weighted by Gasteiger charge is -2.55. The van der Waals surface area contributed by atoms with Crippen LogP contribution in [0.5, 0.6) is 0 Å². The predicted octanol–water partition coefficient (Wildman–Crippen LogP) is 5.03. The number of nitrogens with two attached hydrogens (primary N) is 1. The van der Waals surface area contributed by atoms with Gasteiger partial charge in [-0.2, -0.15) is 0 Å². The summed E-state index contributed by atoms with van der Waals surface area (Å²) in [6.45, 7) is 7.11. The smallest absolute Gasteiger partial charge is 0.253 e. The Morgan fingerprint density at radius 3 is 2.26 bits per heavy atom. The maximum atomic E-state index is 13.1. The van der Waals surface area contributed by atoms with Crippen molar-refractivity contribution in [1.29, 1.82) is 0 Å². The van der Waals surface area contributed by atoms with E-state index in [4.69, 9.17) is 5.73 Å². The fourth-order valence-corrected chi connectivity index (χ4v) is 5.71. The first-order valence-corrected chi connectivity index (χ1v) is 12.8. The molecule has 2 aliphatic rings. The van der Waals surface area contributed by atoms with Crippen molar-refractivity contribution in [3.8, 4) is 22.4 Å². The standard InChI is InChI=1S/C30H30N6O2/c1-18(2)28(37)34-22-11-9-20(10-12-22)25-23(24-26(31)32-17-33-27(24)35(25)3)19-5-7-21(8-6-19)29(38)36-15-30(16-36)13-4-14-30/h5-12,17H,1,4,13-16H2,2-3H3,(H,34,37)(H2,31,32,33). The maximum absolute atomic E-state index is 13.1. The van der Waals surface area contributed by atoms with E-state index in [-0.39, 0.29) is 11.8 Å². The van der Waals surface area contributed by atoms with Crippen LogP contribution in [0.4, 0.5) is 11.5 Å². The fourth-order valence-electron chi connectivity index (χ4n) is 5.71. The molecule has 3 heterocycles. The van der Waals surface area contributed by atoms with Crippen molar-refractivity contribution in [2.75, 3.05) is 24.1 Å². The second-order valence-corrected chi connectivity index (χ2v) is 10.6. The van der Waals surface area contributed by atoms with E-state index in [0.29, 0.717) is 33.7 Å². The first kappa shape index (κ1) is 23.9. The number of carbonyl (C=O) groups is 2. The number of likely N-dealkylation sites (tertiary alicyclic amines) is 1. The Labute approximate surface area is 221 Å². The Morgan fingerprint density at radius 1 is 1.00 bits per heavy atom. The molecule has 1 saturated heterocycles. The van der Waals surface area contributed by atoms with E-state index in [1.54, 1.807) is 6.92 Å². The molecule has 192 valence electrons. The number of anilines is 2. The fraction of sp³-hybridized carbons (Fsp3) is 0.267. The van der Waals surface area contributed by atoms with Gasteiger partial charge in [-0.15, -0.1) is 0 Å². The molecule has 38 heavy (non-hydrogen) atoms. The van der Waals surface area contributed by atoms with Crippen molar-refractivity contribution in [2.24, 2.45) is 12.5 Å². The van der Waals surface area contributed by atoms with Gasteiger partial charge in [0.25, 0.3) is 11.8 Å². The van der Waals surface area contributed by atoms with Gasteiger partial charge in [0.05, 0.1) is 11.1 Å². The lowest BCUT2D eigenvalue weighted by molar-refractivity contribution is -0.112. The minimum Gasteiger partial charge on any atom is -0.383 e. The van der Waals surface area contributed by atoms with Crippen LogP contribution in [0.25, 0.3) is 33.4 Å². The van der Waals surface area contributed by atoms with Crippen LogP contribution in [0, 0.1) is 5.41 Å². The molecule has 2 fully saturated rings. The van der Waals surface area contributed by atoms with Gasteiger partial charge in [-0.05, 0) is 55.2 Å². The lowest BCUT2D eigenvalue weighted by Crippen LogP contribution is -2.61. The first-order chi connectivity index (χ1) is 18.3. The lowest BCUT2D eigenvalue weighted by atomic mass is 9.63. The highest BCUT2D eigenvalue weighted by atomic mass is 16.2. The van der Waals surface area contributed by atoms with Gasteiger partial charge < -0.3 is 20.5 Å². The molecule has 2 amide bonds. The molecule has 0 bridgehead atoms. The molecule has 8 nitrogen and oxygen atoms in total. The minimum atomic E-state index is -0.221. The number of hydrogen-bond donors (Lipinski definition) is 2. The number of carbonyl (C=O) groups excluding carboxylic acids is 2. The molecular formula is C30H30N6O2. The molecule has 6 rings (SSSR count). The second kappa shape index (κ2) is 8.83. The largest absolute Gasteiger partial charge is 0.383 e. The Balaban J connectivity index is 1.37. The van der Waals surface area contributed by atoms with Crippen LogP contribution in [0.2, 0.25) is 0 Å². The Morgan fingerprint density at radius 2 is 1.66 bits per heavy atom. The molecule has 1 aliphatic heterocycles. The number of nitrogens with one attached hydrogen (secondary N) is 1. The highest BCUT2D eigenvalue weighted by Crippen LogP contribution is 2.48. The Kier molecular flexibility index (Phi) is 5.56. The number of aryl methyl sites for hydroxylation is 1. The Bertz CT molecular complexity index is 1590. The Hall–Kier alpha value is -4.46. The average Bonchev–Trinajstić information content (AvgIpc) is 3.16. The summed E-state index contributed by atoms with van der Waals surface area (Å²) >= 11 is 0. The number of aromatic nitrogens is 3. The number of benzene rings is 2. The second-order valence-electron chi connectivity index (χ2n) is 10.6. The van der Waals surface area contributed by atoms with Gasteiger partial charge in [0.1, 0.15) is 17.8 Å². The zero-order valence-electron chi connectivity index (χ0n) is 21.6. The highest BCUT2D eigenvalue weighted by molar-refractivity contribution is 6.08. The van der Waals surface area contributed by atoms with Crippen molar-refractivity contribution in [3.05, 3.63) is 72.6 Å². The third kappa shape index (κ3) is 3.84. The quantitative estimate of drug-likeness (QED) is 0.370. The van der Waals surface area contributed by atoms with Crippen LogP contribution in [0.3, 0.4) is 0 Å². The molecule has 2 aromatic carbocycles. The van der Waals surface area contributed by atoms with Gasteiger partial charge in [-0.25, -0.2) is 9.97 Å². The average molecular weight is 507 g/mol. The SMILES string of the molecule is C=C(C)C(=O)Nc1ccc(-c2c(-c3ccc(C(=O)N4CC5(CCC5)C4)cc3)c3c(N)ncnc3n2C)cc1. The normalized spacial score (nSPS) is 15.7. The van der Waals surface area contributed by atoms with Crippen LogP contribution >= 0.6 is 0 Å². The van der Waals surface area contributed by atoms with E-state index in [1.807, 2.05) is 65.0 Å². The van der Waals surface area contributed by atoms with Crippen molar-refractivity contribution < 1.29 is 9.59 Å². The monoisotopic (exact) mass is 506 g/mol. The molecule has 1 saturated carbocycles. The summed E-state index contributed by atoms with van der Waals surface area (Å²) < 4.78 is 2.00. The zero-order valence-corrected chi connectivity index (χ0v) is 21.6. The third-order valence-electron chi connectivity index (χ3n) is 7.97. The third-order valence-corrected chi connectivity index (χ3v) is 7.97. The minimum absolute atomic E-state index is 0.0856. The van der Waals surface area contributed by atoms with E-state index >= 15 is 0 Å². The zero-order chi connectivity index (χ0) is 26.6. The number of fused-ring (bicyclic) bond motifs is 1. The summed E-state index contributed by atoms with van der Waals surface area (Å²) in [5.74, 6) is 0.257. The summed E-state index contributed by atoms with van der Waals surface area (Å²) in [5, 5.41) is 3.60. The number of amides is 2. The van der Waals surface area contributed by atoms with Gasteiger partial charge >= 0.3 is 0 Å².